The molecule has 0 spiro atoms. The summed E-state index contributed by atoms with van der Waals surface area (Å²) in [7, 11) is 2.22. The molecule has 0 saturated carbocycles. The van der Waals surface area contributed by atoms with Gasteiger partial charge in [0, 0.05) is 25.7 Å². The van der Waals surface area contributed by atoms with Crippen LogP contribution in [0.4, 0.5) is 0 Å². The molecule has 1 aromatic rings. The molecular formula is C12H18N2. The molecule has 1 aliphatic heterocycles. The van der Waals surface area contributed by atoms with Crippen LogP contribution in [-0.4, -0.2) is 37.6 Å². The summed E-state index contributed by atoms with van der Waals surface area (Å²) in [5.74, 6) is 0. The van der Waals surface area contributed by atoms with E-state index in [1.807, 2.05) is 0 Å². The van der Waals surface area contributed by atoms with Gasteiger partial charge < -0.3 is 10.2 Å². The summed E-state index contributed by atoms with van der Waals surface area (Å²) in [5.41, 5.74) is 1.44. The number of nitrogens with zero attached hydrogens (tertiary/aromatic N) is 1. The van der Waals surface area contributed by atoms with Gasteiger partial charge in [0.05, 0.1) is 0 Å². The zero-order valence-corrected chi connectivity index (χ0v) is 8.74. The molecule has 2 rings (SSSR count). The van der Waals surface area contributed by atoms with Crippen LogP contribution >= 0.6 is 0 Å². The molecule has 1 N–H and O–H groups in total. The standard InChI is InChI=1S/C12H18N2/c1-14-8-7-13-10-12(14)9-11-5-3-2-4-6-11/h2-6,12-13H,7-10H2,1H3. The van der Waals surface area contributed by atoms with Crippen molar-refractivity contribution >= 4 is 0 Å². The summed E-state index contributed by atoms with van der Waals surface area (Å²) in [6.07, 6.45) is 1.16. The van der Waals surface area contributed by atoms with E-state index in [4.69, 9.17) is 0 Å². The quantitative estimate of drug-likeness (QED) is 0.752. The zero-order chi connectivity index (χ0) is 9.80. The van der Waals surface area contributed by atoms with Gasteiger partial charge in [-0.25, -0.2) is 0 Å². The van der Waals surface area contributed by atoms with Gasteiger partial charge in [0.15, 0.2) is 0 Å². The van der Waals surface area contributed by atoms with E-state index in [0.29, 0.717) is 6.04 Å². The van der Waals surface area contributed by atoms with Crippen LogP contribution in [-0.2, 0) is 6.42 Å². The summed E-state index contributed by atoms with van der Waals surface area (Å²) in [5, 5.41) is 3.44. The summed E-state index contributed by atoms with van der Waals surface area (Å²) in [4.78, 5) is 2.45. The van der Waals surface area contributed by atoms with Crippen molar-refractivity contribution in [2.24, 2.45) is 0 Å². The van der Waals surface area contributed by atoms with E-state index < -0.39 is 0 Å². The highest BCUT2D eigenvalue weighted by atomic mass is 15.2. The lowest BCUT2D eigenvalue weighted by molar-refractivity contribution is 0.199. The Balaban J connectivity index is 1.96. The third kappa shape index (κ3) is 2.34. The fraction of sp³-hybridized carbons (Fsp3) is 0.500. The second-order valence-electron chi connectivity index (χ2n) is 4.03. The molecule has 2 nitrogen and oxygen atoms in total. The largest absolute Gasteiger partial charge is 0.314 e. The van der Waals surface area contributed by atoms with E-state index >= 15 is 0 Å². The Bertz CT molecular complexity index is 271. The fourth-order valence-corrected chi connectivity index (χ4v) is 1.98. The van der Waals surface area contributed by atoms with E-state index in [1.54, 1.807) is 0 Å². The first-order valence-electron chi connectivity index (χ1n) is 5.31. The minimum absolute atomic E-state index is 0.658. The maximum atomic E-state index is 3.44. The highest BCUT2D eigenvalue weighted by Gasteiger charge is 2.18. The molecule has 2 heteroatoms. The highest BCUT2D eigenvalue weighted by molar-refractivity contribution is 5.16. The van der Waals surface area contributed by atoms with Crippen molar-refractivity contribution in [2.75, 3.05) is 26.7 Å². The van der Waals surface area contributed by atoms with Crippen LogP contribution in [0.25, 0.3) is 0 Å². The summed E-state index contributed by atoms with van der Waals surface area (Å²) < 4.78 is 0. The minimum atomic E-state index is 0.658. The maximum Gasteiger partial charge on any atom is 0.0258 e. The smallest absolute Gasteiger partial charge is 0.0258 e. The number of piperazine rings is 1. The van der Waals surface area contributed by atoms with Gasteiger partial charge in [0.2, 0.25) is 0 Å². The second-order valence-corrected chi connectivity index (χ2v) is 4.03. The minimum Gasteiger partial charge on any atom is -0.314 e. The number of hydrogen-bond donors (Lipinski definition) is 1. The van der Waals surface area contributed by atoms with Crippen LogP contribution in [0.15, 0.2) is 30.3 Å². The third-order valence-electron chi connectivity index (χ3n) is 2.96. The van der Waals surface area contributed by atoms with Crippen LogP contribution in [0.5, 0.6) is 0 Å². The summed E-state index contributed by atoms with van der Waals surface area (Å²) >= 11 is 0. The van der Waals surface area contributed by atoms with Crippen LogP contribution in [0.3, 0.4) is 0 Å². The van der Waals surface area contributed by atoms with E-state index in [2.05, 4.69) is 47.6 Å². The van der Waals surface area contributed by atoms with E-state index in [-0.39, 0.29) is 0 Å². The Kier molecular flexibility index (Phi) is 3.17. The molecule has 1 atom stereocenters. The predicted octanol–water partition coefficient (Wildman–Crippen LogP) is 1.13. The molecule has 76 valence electrons. The van der Waals surface area contributed by atoms with Crippen molar-refractivity contribution in [3.63, 3.8) is 0 Å². The third-order valence-corrected chi connectivity index (χ3v) is 2.96. The molecule has 1 heterocycles. The lowest BCUT2D eigenvalue weighted by atomic mass is 10.0. The monoisotopic (exact) mass is 190 g/mol. The lowest BCUT2D eigenvalue weighted by Crippen LogP contribution is -2.50. The molecule has 0 bridgehead atoms. The molecule has 1 saturated heterocycles. The molecule has 1 fully saturated rings. The first kappa shape index (κ1) is 9.69. The van der Waals surface area contributed by atoms with Gasteiger partial charge in [-0.15, -0.1) is 0 Å². The lowest BCUT2D eigenvalue weighted by Gasteiger charge is -2.33. The van der Waals surface area contributed by atoms with Gasteiger partial charge in [0.1, 0.15) is 0 Å². The fourth-order valence-electron chi connectivity index (χ4n) is 1.98. The average Bonchev–Trinajstić information content (AvgIpc) is 2.23. The van der Waals surface area contributed by atoms with Crippen molar-refractivity contribution in [1.82, 2.24) is 10.2 Å². The molecule has 1 aliphatic rings. The summed E-state index contributed by atoms with van der Waals surface area (Å²) in [6, 6.07) is 11.4. The molecule has 0 aliphatic carbocycles. The molecule has 0 amide bonds. The van der Waals surface area contributed by atoms with Crippen LogP contribution in [0.2, 0.25) is 0 Å². The predicted molar refractivity (Wildman–Crippen MR) is 59.4 cm³/mol. The molecule has 0 aromatic heterocycles. The Hall–Kier alpha value is -0.860. The van der Waals surface area contributed by atoms with Crippen molar-refractivity contribution in [2.45, 2.75) is 12.5 Å². The van der Waals surface area contributed by atoms with E-state index in [1.165, 1.54) is 5.56 Å². The number of likely N-dealkylation sites (N-methyl/N-ethyl adjacent to an activating group) is 1. The second kappa shape index (κ2) is 4.58. The van der Waals surface area contributed by atoms with Gasteiger partial charge in [-0.3, -0.25) is 0 Å². The maximum absolute atomic E-state index is 3.44. The number of rotatable bonds is 2. The highest BCUT2D eigenvalue weighted by Crippen LogP contribution is 2.08. The van der Waals surface area contributed by atoms with Gasteiger partial charge >= 0.3 is 0 Å². The molecule has 14 heavy (non-hydrogen) atoms. The van der Waals surface area contributed by atoms with Crippen LogP contribution in [0, 0.1) is 0 Å². The Labute approximate surface area is 85.9 Å². The first-order chi connectivity index (χ1) is 6.86. The van der Waals surface area contributed by atoms with Crippen molar-refractivity contribution in [1.29, 1.82) is 0 Å². The van der Waals surface area contributed by atoms with Gasteiger partial charge in [-0.2, -0.15) is 0 Å². The van der Waals surface area contributed by atoms with Gasteiger partial charge in [-0.05, 0) is 19.0 Å². The SMILES string of the molecule is CN1CCNCC1Cc1ccccc1. The van der Waals surface area contributed by atoms with Crippen molar-refractivity contribution in [3.05, 3.63) is 35.9 Å². The molecular weight excluding hydrogens is 172 g/mol. The molecule has 1 aromatic carbocycles. The Morgan fingerprint density at radius 3 is 2.86 bits per heavy atom. The Morgan fingerprint density at radius 1 is 1.36 bits per heavy atom. The molecule has 1 unspecified atom stereocenters. The zero-order valence-electron chi connectivity index (χ0n) is 8.74. The first-order valence-corrected chi connectivity index (χ1v) is 5.31. The van der Waals surface area contributed by atoms with Gasteiger partial charge in [-0.1, -0.05) is 30.3 Å². The van der Waals surface area contributed by atoms with Gasteiger partial charge in [0.25, 0.3) is 0 Å². The topological polar surface area (TPSA) is 15.3 Å². The number of hydrogen-bond acceptors (Lipinski definition) is 2. The Morgan fingerprint density at radius 2 is 2.14 bits per heavy atom. The van der Waals surface area contributed by atoms with Crippen molar-refractivity contribution < 1.29 is 0 Å². The average molecular weight is 190 g/mol. The number of nitrogens with one attached hydrogen (secondary N) is 1. The van der Waals surface area contributed by atoms with Crippen molar-refractivity contribution in [3.8, 4) is 0 Å². The van der Waals surface area contributed by atoms with Crippen LogP contribution in [0.1, 0.15) is 5.56 Å². The van der Waals surface area contributed by atoms with Crippen LogP contribution < -0.4 is 5.32 Å². The van der Waals surface area contributed by atoms with E-state index in [0.717, 1.165) is 26.1 Å². The molecule has 0 radical (unpaired) electrons. The number of benzene rings is 1. The summed E-state index contributed by atoms with van der Waals surface area (Å²) in [6.45, 7) is 3.41. The normalized spacial score (nSPS) is 23.6. The van der Waals surface area contributed by atoms with E-state index in [9.17, 15) is 0 Å².